The first-order valence-corrected chi connectivity index (χ1v) is 8.04. The summed E-state index contributed by atoms with van der Waals surface area (Å²) in [5.41, 5.74) is 2.63. The molecular formula is C18H32N2O. The van der Waals surface area contributed by atoms with Crippen molar-refractivity contribution < 1.29 is 4.74 Å². The van der Waals surface area contributed by atoms with Crippen LogP contribution in [0.15, 0.2) is 12.1 Å². The van der Waals surface area contributed by atoms with Crippen LogP contribution in [0.2, 0.25) is 0 Å². The van der Waals surface area contributed by atoms with Crippen molar-refractivity contribution in [3.8, 4) is 5.88 Å². The predicted molar refractivity (Wildman–Crippen MR) is 89.9 cm³/mol. The molecule has 0 spiro atoms. The second-order valence-corrected chi connectivity index (χ2v) is 7.59. The number of nitrogens with zero attached hydrogens (tertiary/aromatic N) is 1. The molecule has 1 heterocycles. The van der Waals surface area contributed by atoms with Crippen LogP contribution in [0, 0.1) is 5.41 Å². The van der Waals surface area contributed by atoms with E-state index in [9.17, 15) is 0 Å². The van der Waals surface area contributed by atoms with Gasteiger partial charge in [-0.05, 0) is 29.4 Å². The van der Waals surface area contributed by atoms with Gasteiger partial charge in [0, 0.05) is 24.3 Å². The minimum atomic E-state index is 0.289. The third kappa shape index (κ3) is 7.47. The maximum absolute atomic E-state index is 5.88. The lowest BCUT2D eigenvalue weighted by molar-refractivity contribution is 0.235. The molecule has 1 aromatic heterocycles. The van der Waals surface area contributed by atoms with Crippen LogP contribution in [0.25, 0.3) is 0 Å². The molecule has 0 aromatic carbocycles. The average molecular weight is 292 g/mol. The van der Waals surface area contributed by atoms with Gasteiger partial charge < -0.3 is 10.1 Å². The molecule has 0 fully saturated rings. The average Bonchev–Trinajstić information content (AvgIpc) is 2.34. The third-order valence-electron chi connectivity index (χ3n) is 3.29. The van der Waals surface area contributed by atoms with Crippen LogP contribution in [-0.4, -0.2) is 17.6 Å². The summed E-state index contributed by atoms with van der Waals surface area (Å²) in [5, 5.41) is 3.45. The highest BCUT2D eigenvalue weighted by Crippen LogP contribution is 2.22. The van der Waals surface area contributed by atoms with Crippen molar-refractivity contribution in [3.63, 3.8) is 0 Å². The van der Waals surface area contributed by atoms with Gasteiger partial charge in [-0.3, -0.25) is 0 Å². The van der Waals surface area contributed by atoms with Crippen LogP contribution in [0.4, 0.5) is 0 Å². The minimum Gasteiger partial charge on any atom is -0.478 e. The Kier molecular flexibility index (Phi) is 6.66. The van der Waals surface area contributed by atoms with Gasteiger partial charge in [-0.2, -0.15) is 0 Å². The van der Waals surface area contributed by atoms with Gasteiger partial charge in [0.2, 0.25) is 5.88 Å². The number of nitrogens with one attached hydrogen (secondary N) is 1. The standard InChI is InChI=1S/C18H32N2O/c1-13(2)16-10-15(12-19-14(3)4)11-17(20-16)21-9-8-18(5,6)7/h10-11,13-14,19H,8-9,12H2,1-7H3. The lowest BCUT2D eigenvalue weighted by Gasteiger charge is -2.18. The highest BCUT2D eigenvalue weighted by molar-refractivity contribution is 5.26. The van der Waals surface area contributed by atoms with Crippen LogP contribution in [0.5, 0.6) is 5.88 Å². The first kappa shape index (κ1) is 18.0. The molecular weight excluding hydrogens is 260 g/mol. The van der Waals surface area contributed by atoms with E-state index >= 15 is 0 Å². The summed E-state index contributed by atoms with van der Waals surface area (Å²) >= 11 is 0. The summed E-state index contributed by atoms with van der Waals surface area (Å²) in [4.78, 5) is 4.63. The number of ether oxygens (including phenoxy) is 1. The molecule has 0 saturated carbocycles. The molecule has 120 valence electrons. The molecule has 3 heteroatoms. The van der Waals surface area contributed by atoms with Gasteiger partial charge >= 0.3 is 0 Å². The molecule has 3 nitrogen and oxygen atoms in total. The quantitative estimate of drug-likeness (QED) is 0.802. The number of hydrogen-bond acceptors (Lipinski definition) is 3. The van der Waals surface area contributed by atoms with E-state index in [1.807, 2.05) is 0 Å². The number of pyridine rings is 1. The van der Waals surface area contributed by atoms with E-state index in [-0.39, 0.29) is 5.41 Å². The highest BCUT2D eigenvalue weighted by Gasteiger charge is 2.12. The fourth-order valence-corrected chi connectivity index (χ4v) is 1.84. The summed E-state index contributed by atoms with van der Waals surface area (Å²) in [5.74, 6) is 1.17. The number of aromatic nitrogens is 1. The lowest BCUT2D eigenvalue weighted by Crippen LogP contribution is -2.22. The Labute approximate surface area is 130 Å². The van der Waals surface area contributed by atoms with Gasteiger partial charge in [0.25, 0.3) is 0 Å². The number of hydrogen-bond donors (Lipinski definition) is 1. The van der Waals surface area contributed by atoms with Gasteiger partial charge in [0.1, 0.15) is 0 Å². The summed E-state index contributed by atoms with van der Waals surface area (Å²) in [6, 6.07) is 4.71. The molecule has 0 aliphatic carbocycles. The molecule has 0 radical (unpaired) electrons. The van der Waals surface area contributed by atoms with Crippen molar-refractivity contribution in [2.24, 2.45) is 5.41 Å². The van der Waals surface area contributed by atoms with Crippen molar-refractivity contribution in [2.45, 2.75) is 73.4 Å². The van der Waals surface area contributed by atoms with Crippen LogP contribution in [-0.2, 0) is 6.54 Å². The SMILES string of the molecule is CC(C)NCc1cc(OCCC(C)(C)C)nc(C(C)C)c1. The van der Waals surface area contributed by atoms with Crippen molar-refractivity contribution in [1.82, 2.24) is 10.3 Å². The van der Waals surface area contributed by atoms with E-state index in [1.165, 1.54) is 5.56 Å². The monoisotopic (exact) mass is 292 g/mol. The first-order chi connectivity index (χ1) is 9.67. The Morgan fingerprint density at radius 2 is 1.81 bits per heavy atom. The highest BCUT2D eigenvalue weighted by atomic mass is 16.5. The van der Waals surface area contributed by atoms with Crippen LogP contribution in [0.1, 0.15) is 72.1 Å². The Bertz CT molecular complexity index is 433. The van der Waals surface area contributed by atoms with Crippen LogP contribution < -0.4 is 10.1 Å². The molecule has 1 rings (SSSR count). The van der Waals surface area contributed by atoms with Crippen LogP contribution in [0.3, 0.4) is 0 Å². The maximum Gasteiger partial charge on any atom is 0.213 e. The Morgan fingerprint density at radius 1 is 1.14 bits per heavy atom. The maximum atomic E-state index is 5.88. The fraction of sp³-hybridized carbons (Fsp3) is 0.722. The molecule has 0 unspecified atom stereocenters. The van der Waals surface area contributed by atoms with Gasteiger partial charge in [-0.25, -0.2) is 4.98 Å². The van der Waals surface area contributed by atoms with Crippen molar-refractivity contribution >= 4 is 0 Å². The van der Waals surface area contributed by atoms with E-state index in [1.54, 1.807) is 0 Å². The second kappa shape index (κ2) is 7.79. The topological polar surface area (TPSA) is 34.1 Å². The van der Waals surface area contributed by atoms with E-state index < -0.39 is 0 Å². The molecule has 0 bridgehead atoms. The second-order valence-electron chi connectivity index (χ2n) is 7.59. The van der Waals surface area contributed by atoms with Gasteiger partial charge in [0.05, 0.1) is 6.61 Å². The van der Waals surface area contributed by atoms with E-state index in [4.69, 9.17) is 4.74 Å². The first-order valence-electron chi connectivity index (χ1n) is 8.04. The molecule has 0 aliphatic heterocycles. The summed E-state index contributed by atoms with van der Waals surface area (Å²) in [7, 11) is 0. The Balaban J connectivity index is 2.77. The molecule has 21 heavy (non-hydrogen) atoms. The summed E-state index contributed by atoms with van der Waals surface area (Å²) in [6.07, 6.45) is 1.03. The zero-order valence-corrected chi connectivity index (χ0v) is 14.8. The number of rotatable bonds is 7. The van der Waals surface area contributed by atoms with Crippen molar-refractivity contribution in [3.05, 3.63) is 23.4 Å². The summed E-state index contributed by atoms with van der Waals surface area (Å²) < 4.78 is 5.88. The predicted octanol–water partition coefficient (Wildman–Crippen LogP) is 4.52. The molecule has 1 N–H and O–H groups in total. The molecule has 0 aliphatic rings. The zero-order chi connectivity index (χ0) is 16.0. The fourth-order valence-electron chi connectivity index (χ4n) is 1.84. The van der Waals surface area contributed by atoms with E-state index in [2.05, 4.69) is 70.9 Å². The van der Waals surface area contributed by atoms with E-state index in [0.29, 0.717) is 12.0 Å². The zero-order valence-electron chi connectivity index (χ0n) is 14.8. The van der Waals surface area contributed by atoms with Crippen molar-refractivity contribution in [2.75, 3.05) is 6.61 Å². The smallest absolute Gasteiger partial charge is 0.213 e. The largest absolute Gasteiger partial charge is 0.478 e. The van der Waals surface area contributed by atoms with Gasteiger partial charge in [0.15, 0.2) is 0 Å². The normalized spacial score (nSPS) is 12.2. The molecule has 0 saturated heterocycles. The van der Waals surface area contributed by atoms with Crippen LogP contribution >= 0.6 is 0 Å². The third-order valence-corrected chi connectivity index (χ3v) is 3.29. The minimum absolute atomic E-state index is 0.289. The lowest BCUT2D eigenvalue weighted by atomic mass is 9.93. The molecule has 1 aromatic rings. The molecule has 0 amide bonds. The summed E-state index contributed by atoms with van der Waals surface area (Å²) in [6.45, 7) is 16.9. The van der Waals surface area contributed by atoms with Gasteiger partial charge in [-0.15, -0.1) is 0 Å². The Morgan fingerprint density at radius 3 is 2.33 bits per heavy atom. The Hall–Kier alpha value is -1.09. The van der Waals surface area contributed by atoms with E-state index in [0.717, 1.165) is 31.1 Å². The van der Waals surface area contributed by atoms with Crippen molar-refractivity contribution in [1.29, 1.82) is 0 Å². The molecule has 0 atom stereocenters. The van der Waals surface area contributed by atoms with Gasteiger partial charge in [-0.1, -0.05) is 48.5 Å².